The maximum Gasteiger partial charge on any atom is 0.255 e. The molecule has 0 spiro atoms. The Kier molecular flexibility index (Phi) is 4.22. The maximum absolute atomic E-state index is 12.1. The lowest BCUT2D eigenvalue weighted by atomic mass is 10.0. The van der Waals surface area contributed by atoms with Crippen molar-refractivity contribution in [3.63, 3.8) is 0 Å². The highest BCUT2D eigenvalue weighted by Gasteiger charge is 2.21. The van der Waals surface area contributed by atoms with Gasteiger partial charge in [0.1, 0.15) is 11.6 Å². The molecular formula is C18H23N3O2. The number of hydrogen-bond acceptors (Lipinski definition) is 4. The number of aromatic nitrogens is 2. The Morgan fingerprint density at radius 2 is 2.04 bits per heavy atom. The molecule has 0 radical (unpaired) electrons. The van der Waals surface area contributed by atoms with Crippen LogP contribution < -0.4 is 10.3 Å². The van der Waals surface area contributed by atoms with Gasteiger partial charge in [0, 0.05) is 26.1 Å². The first-order chi connectivity index (χ1) is 11.0. The number of aromatic amines is 1. The second-order valence-electron chi connectivity index (χ2n) is 6.29. The fraction of sp³-hybridized carbons (Fsp3) is 0.444. The van der Waals surface area contributed by atoms with Crippen molar-refractivity contribution in [3.05, 3.63) is 56.3 Å². The Hall–Kier alpha value is -2.14. The van der Waals surface area contributed by atoms with Gasteiger partial charge in [0.15, 0.2) is 0 Å². The zero-order chi connectivity index (χ0) is 16.6. The van der Waals surface area contributed by atoms with Gasteiger partial charge >= 0.3 is 0 Å². The number of nitrogens with one attached hydrogen (secondary N) is 1. The Balaban J connectivity index is 1.83. The molecule has 122 valence electrons. The zero-order valence-electron chi connectivity index (χ0n) is 14.2. The van der Waals surface area contributed by atoms with E-state index in [9.17, 15) is 4.79 Å². The number of fused-ring (bicyclic) bond motifs is 1. The molecule has 0 bridgehead atoms. The summed E-state index contributed by atoms with van der Waals surface area (Å²) < 4.78 is 5.38. The van der Waals surface area contributed by atoms with Crippen LogP contribution in [0.2, 0.25) is 0 Å². The fourth-order valence-corrected chi connectivity index (χ4v) is 3.22. The average molecular weight is 313 g/mol. The number of H-pyrrole nitrogens is 1. The number of ether oxygens (including phenoxy) is 1. The highest BCUT2D eigenvalue weighted by Crippen LogP contribution is 2.25. The lowest BCUT2D eigenvalue weighted by Crippen LogP contribution is -2.35. The van der Waals surface area contributed by atoms with E-state index in [-0.39, 0.29) is 5.56 Å². The standard InChI is InChI=1S/C18H23N3O2/c1-11-8-17(23-4)12(2)7-14(11)9-21-6-5-16-15(10-21)18(22)20-13(3)19-16/h7-8H,5-6,9-10H2,1-4H3,(H,19,20,22). The lowest BCUT2D eigenvalue weighted by Gasteiger charge is -2.28. The number of nitrogens with zero attached hydrogens (tertiary/aromatic N) is 2. The first-order valence-corrected chi connectivity index (χ1v) is 7.93. The number of aryl methyl sites for hydroxylation is 3. The van der Waals surface area contributed by atoms with Gasteiger partial charge in [-0.05, 0) is 43.5 Å². The number of methoxy groups -OCH3 is 1. The third-order valence-electron chi connectivity index (χ3n) is 4.51. The van der Waals surface area contributed by atoms with Crippen molar-refractivity contribution in [2.24, 2.45) is 0 Å². The smallest absolute Gasteiger partial charge is 0.255 e. The predicted octanol–water partition coefficient (Wildman–Crippen LogP) is 2.26. The van der Waals surface area contributed by atoms with E-state index in [0.29, 0.717) is 12.4 Å². The molecule has 2 heterocycles. The van der Waals surface area contributed by atoms with Gasteiger partial charge in [-0.25, -0.2) is 4.98 Å². The van der Waals surface area contributed by atoms with Gasteiger partial charge in [-0.15, -0.1) is 0 Å². The van der Waals surface area contributed by atoms with Gasteiger partial charge in [-0.3, -0.25) is 9.69 Å². The van der Waals surface area contributed by atoms with E-state index >= 15 is 0 Å². The second kappa shape index (κ2) is 6.16. The van der Waals surface area contributed by atoms with Crippen molar-refractivity contribution in [3.8, 4) is 5.75 Å². The molecular weight excluding hydrogens is 290 g/mol. The van der Waals surface area contributed by atoms with Gasteiger partial charge in [0.2, 0.25) is 0 Å². The molecule has 0 saturated carbocycles. The molecule has 2 aromatic rings. The summed E-state index contributed by atoms with van der Waals surface area (Å²) in [6.07, 6.45) is 0.828. The molecule has 0 aliphatic carbocycles. The Labute approximate surface area is 136 Å². The van der Waals surface area contributed by atoms with Crippen LogP contribution in [0.25, 0.3) is 0 Å². The first kappa shape index (κ1) is 15.7. The highest BCUT2D eigenvalue weighted by atomic mass is 16.5. The Morgan fingerprint density at radius 1 is 1.26 bits per heavy atom. The third-order valence-corrected chi connectivity index (χ3v) is 4.51. The van der Waals surface area contributed by atoms with Crippen LogP contribution in [0.4, 0.5) is 0 Å². The van der Waals surface area contributed by atoms with Gasteiger partial charge < -0.3 is 9.72 Å². The third kappa shape index (κ3) is 3.15. The van der Waals surface area contributed by atoms with E-state index in [1.54, 1.807) is 7.11 Å². The normalized spacial score (nSPS) is 14.6. The lowest BCUT2D eigenvalue weighted by molar-refractivity contribution is 0.241. The van der Waals surface area contributed by atoms with E-state index in [4.69, 9.17) is 4.74 Å². The SMILES string of the molecule is COc1cc(C)c(CN2CCc3nc(C)[nH]c(=O)c3C2)cc1C. The maximum atomic E-state index is 12.1. The molecule has 1 aromatic heterocycles. The molecule has 5 heteroatoms. The van der Waals surface area contributed by atoms with Crippen molar-refractivity contribution < 1.29 is 4.74 Å². The molecule has 23 heavy (non-hydrogen) atoms. The van der Waals surface area contributed by atoms with E-state index in [1.807, 2.05) is 6.92 Å². The minimum Gasteiger partial charge on any atom is -0.496 e. The summed E-state index contributed by atoms with van der Waals surface area (Å²) in [6.45, 7) is 8.41. The summed E-state index contributed by atoms with van der Waals surface area (Å²) >= 11 is 0. The van der Waals surface area contributed by atoms with Crippen LogP contribution in [0.3, 0.4) is 0 Å². The molecule has 5 nitrogen and oxygen atoms in total. The van der Waals surface area contributed by atoms with Crippen molar-refractivity contribution in [1.82, 2.24) is 14.9 Å². The molecule has 1 N–H and O–H groups in total. The van der Waals surface area contributed by atoms with Crippen LogP contribution in [-0.4, -0.2) is 28.5 Å². The minimum atomic E-state index is -0.000154. The van der Waals surface area contributed by atoms with Gasteiger partial charge in [-0.1, -0.05) is 6.07 Å². The molecule has 0 unspecified atom stereocenters. The number of rotatable bonds is 3. The van der Waals surface area contributed by atoms with E-state index in [0.717, 1.165) is 42.1 Å². The second-order valence-corrected chi connectivity index (χ2v) is 6.29. The summed E-state index contributed by atoms with van der Waals surface area (Å²) in [6, 6.07) is 4.27. The summed E-state index contributed by atoms with van der Waals surface area (Å²) in [5.41, 5.74) is 5.40. The zero-order valence-corrected chi connectivity index (χ0v) is 14.2. The molecule has 1 aliphatic heterocycles. The van der Waals surface area contributed by atoms with Crippen LogP contribution >= 0.6 is 0 Å². The van der Waals surface area contributed by atoms with E-state index in [1.165, 1.54) is 11.1 Å². The first-order valence-electron chi connectivity index (χ1n) is 7.93. The van der Waals surface area contributed by atoms with Gasteiger partial charge in [0.05, 0.1) is 18.4 Å². The molecule has 3 rings (SSSR count). The Bertz CT molecular complexity index is 796. The highest BCUT2D eigenvalue weighted by molar-refractivity contribution is 5.41. The van der Waals surface area contributed by atoms with Gasteiger partial charge in [0.25, 0.3) is 5.56 Å². The number of benzene rings is 1. The Morgan fingerprint density at radius 3 is 2.78 bits per heavy atom. The summed E-state index contributed by atoms with van der Waals surface area (Å²) in [4.78, 5) is 21.7. The van der Waals surface area contributed by atoms with Crippen molar-refractivity contribution >= 4 is 0 Å². The van der Waals surface area contributed by atoms with E-state index < -0.39 is 0 Å². The fourth-order valence-electron chi connectivity index (χ4n) is 3.22. The largest absolute Gasteiger partial charge is 0.496 e. The molecule has 0 amide bonds. The molecule has 0 atom stereocenters. The summed E-state index contributed by atoms with van der Waals surface area (Å²) in [5, 5.41) is 0. The molecule has 1 aliphatic rings. The van der Waals surface area contributed by atoms with Crippen molar-refractivity contribution in [2.45, 2.75) is 40.3 Å². The monoisotopic (exact) mass is 313 g/mol. The van der Waals surface area contributed by atoms with Crippen molar-refractivity contribution in [2.75, 3.05) is 13.7 Å². The van der Waals surface area contributed by atoms with Crippen LogP contribution in [0.5, 0.6) is 5.75 Å². The van der Waals surface area contributed by atoms with Crippen LogP contribution in [0.15, 0.2) is 16.9 Å². The molecule has 0 saturated heterocycles. The predicted molar refractivity (Wildman–Crippen MR) is 89.9 cm³/mol. The van der Waals surface area contributed by atoms with Gasteiger partial charge in [-0.2, -0.15) is 0 Å². The topological polar surface area (TPSA) is 58.2 Å². The summed E-state index contributed by atoms with van der Waals surface area (Å²) in [7, 11) is 1.70. The van der Waals surface area contributed by atoms with Crippen molar-refractivity contribution in [1.29, 1.82) is 0 Å². The molecule has 0 fully saturated rings. The van der Waals surface area contributed by atoms with E-state index in [2.05, 4.69) is 40.8 Å². The minimum absolute atomic E-state index is 0.000154. The summed E-state index contributed by atoms with van der Waals surface area (Å²) in [5.74, 6) is 1.62. The van der Waals surface area contributed by atoms with Crippen LogP contribution in [-0.2, 0) is 19.5 Å². The number of hydrogen-bond donors (Lipinski definition) is 1. The molecule has 1 aromatic carbocycles. The average Bonchev–Trinajstić information content (AvgIpc) is 2.51. The quantitative estimate of drug-likeness (QED) is 0.944. The van der Waals surface area contributed by atoms with Crippen LogP contribution in [0.1, 0.15) is 33.8 Å². The van der Waals surface area contributed by atoms with Crippen LogP contribution in [0, 0.1) is 20.8 Å².